The molecule has 0 radical (unpaired) electrons. The van der Waals surface area contributed by atoms with E-state index in [-0.39, 0.29) is 17.1 Å². The van der Waals surface area contributed by atoms with Crippen LogP contribution >= 0.6 is 0 Å². The van der Waals surface area contributed by atoms with Crippen molar-refractivity contribution in [1.29, 1.82) is 0 Å². The fraction of sp³-hybridized carbons (Fsp3) is 0.240. The maximum atomic E-state index is 13.7. The zero-order valence-electron chi connectivity index (χ0n) is 16.9. The number of amides is 1. The van der Waals surface area contributed by atoms with Crippen LogP contribution in [0.1, 0.15) is 31.4 Å². The maximum Gasteiger partial charge on any atom is 0.228 e. The van der Waals surface area contributed by atoms with E-state index >= 15 is 0 Å². The summed E-state index contributed by atoms with van der Waals surface area (Å²) >= 11 is 0. The predicted molar refractivity (Wildman–Crippen MR) is 114 cm³/mol. The lowest BCUT2D eigenvalue weighted by Crippen LogP contribution is -2.41. The lowest BCUT2D eigenvalue weighted by atomic mass is 9.76. The van der Waals surface area contributed by atoms with Crippen LogP contribution in [0.15, 0.2) is 66.7 Å². The van der Waals surface area contributed by atoms with Crippen molar-refractivity contribution < 1.29 is 13.9 Å². The summed E-state index contributed by atoms with van der Waals surface area (Å²) in [6.07, 6.45) is 0.433. The molecule has 4 rings (SSSR count). The fourth-order valence-electron chi connectivity index (χ4n) is 3.95. The van der Waals surface area contributed by atoms with E-state index in [2.05, 4.69) is 19.9 Å². The molecule has 4 heteroatoms. The van der Waals surface area contributed by atoms with Crippen LogP contribution in [0.3, 0.4) is 0 Å². The van der Waals surface area contributed by atoms with Crippen molar-refractivity contribution in [3.63, 3.8) is 0 Å². The third-order valence-electron chi connectivity index (χ3n) is 5.57. The Balaban J connectivity index is 1.73. The summed E-state index contributed by atoms with van der Waals surface area (Å²) < 4.78 is 18.9. The first-order chi connectivity index (χ1) is 13.9. The Bertz CT molecular complexity index is 1060. The number of methoxy groups -OCH3 is 1. The summed E-state index contributed by atoms with van der Waals surface area (Å²) in [4.78, 5) is 14.8. The number of hydrogen-bond acceptors (Lipinski definition) is 2. The molecule has 1 aliphatic rings. The first-order valence-electron chi connectivity index (χ1n) is 9.71. The molecule has 1 amide bonds. The van der Waals surface area contributed by atoms with Crippen molar-refractivity contribution in [2.24, 2.45) is 0 Å². The minimum absolute atomic E-state index is 0.108. The molecule has 0 atom stereocenters. The summed E-state index contributed by atoms with van der Waals surface area (Å²) in [5.74, 6) is 0.646. The van der Waals surface area contributed by atoms with E-state index in [1.54, 1.807) is 13.2 Å². The molecule has 0 saturated carbocycles. The van der Waals surface area contributed by atoms with Crippen molar-refractivity contribution in [2.75, 3.05) is 12.0 Å². The molecule has 3 aromatic rings. The van der Waals surface area contributed by atoms with Crippen LogP contribution in [0, 0.1) is 5.82 Å². The Morgan fingerprint density at radius 3 is 2.41 bits per heavy atom. The van der Waals surface area contributed by atoms with Crippen LogP contribution in [0.4, 0.5) is 10.1 Å². The van der Waals surface area contributed by atoms with Gasteiger partial charge < -0.3 is 9.64 Å². The SMILES string of the molecule is COc1ccc(CN2C(=O)CC(C)(C)c3cc(-c4cccc(F)c4)ccc32)cc1. The van der Waals surface area contributed by atoms with Gasteiger partial charge in [-0.3, -0.25) is 4.79 Å². The zero-order valence-corrected chi connectivity index (χ0v) is 16.9. The largest absolute Gasteiger partial charge is 0.497 e. The second-order valence-corrected chi connectivity index (χ2v) is 8.13. The van der Waals surface area contributed by atoms with Crippen LogP contribution in [0.5, 0.6) is 5.75 Å². The summed E-state index contributed by atoms with van der Waals surface area (Å²) in [6.45, 7) is 4.68. The molecule has 3 aromatic carbocycles. The van der Waals surface area contributed by atoms with Crippen LogP contribution in [0.2, 0.25) is 0 Å². The molecule has 0 spiro atoms. The molecular formula is C25H24FNO2. The highest BCUT2D eigenvalue weighted by molar-refractivity contribution is 5.98. The molecule has 0 fully saturated rings. The quantitative estimate of drug-likeness (QED) is 0.571. The van der Waals surface area contributed by atoms with Gasteiger partial charge in [0.05, 0.1) is 13.7 Å². The minimum Gasteiger partial charge on any atom is -0.497 e. The van der Waals surface area contributed by atoms with Gasteiger partial charge >= 0.3 is 0 Å². The van der Waals surface area contributed by atoms with E-state index in [1.807, 2.05) is 47.4 Å². The molecule has 0 aromatic heterocycles. The first kappa shape index (κ1) is 19.2. The lowest BCUT2D eigenvalue weighted by Gasteiger charge is -2.39. The Labute approximate surface area is 170 Å². The number of anilines is 1. The average Bonchev–Trinajstić information content (AvgIpc) is 2.71. The third-order valence-corrected chi connectivity index (χ3v) is 5.57. The van der Waals surface area contributed by atoms with E-state index in [0.29, 0.717) is 13.0 Å². The summed E-state index contributed by atoms with van der Waals surface area (Å²) in [5.41, 5.74) is 4.57. The molecule has 0 bridgehead atoms. The highest BCUT2D eigenvalue weighted by atomic mass is 19.1. The van der Waals surface area contributed by atoms with E-state index in [4.69, 9.17) is 4.74 Å². The summed E-state index contributed by atoms with van der Waals surface area (Å²) in [5, 5.41) is 0. The van der Waals surface area contributed by atoms with Crippen LogP contribution in [-0.2, 0) is 16.8 Å². The Kier molecular flexibility index (Phi) is 4.87. The molecule has 148 valence electrons. The van der Waals surface area contributed by atoms with Gasteiger partial charge in [0.15, 0.2) is 0 Å². The number of rotatable bonds is 4. The van der Waals surface area contributed by atoms with Gasteiger partial charge in [-0.05, 0) is 58.7 Å². The number of carbonyl (C=O) groups is 1. The average molecular weight is 389 g/mol. The van der Waals surface area contributed by atoms with E-state index in [9.17, 15) is 9.18 Å². The topological polar surface area (TPSA) is 29.5 Å². The Morgan fingerprint density at radius 2 is 1.72 bits per heavy atom. The summed E-state index contributed by atoms with van der Waals surface area (Å²) in [6, 6.07) is 20.4. The van der Waals surface area contributed by atoms with Gasteiger partial charge in [0.2, 0.25) is 5.91 Å². The van der Waals surface area contributed by atoms with Crippen LogP contribution in [0.25, 0.3) is 11.1 Å². The Morgan fingerprint density at radius 1 is 1.00 bits per heavy atom. The number of hydrogen-bond donors (Lipinski definition) is 0. The molecule has 0 N–H and O–H groups in total. The Hall–Kier alpha value is -3.14. The highest BCUT2D eigenvalue weighted by Gasteiger charge is 2.36. The van der Waals surface area contributed by atoms with Gasteiger partial charge in [-0.1, -0.05) is 44.2 Å². The van der Waals surface area contributed by atoms with Crippen LogP contribution < -0.4 is 9.64 Å². The number of benzene rings is 3. The normalized spacial score (nSPS) is 15.2. The molecule has 29 heavy (non-hydrogen) atoms. The second-order valence-electron chi connectivity index (χ2n) is 8.13. The third kappa shape index (κ3) is 3.75. The molecule has 1 aliphatic heterocycles. The summed E-state index contributed by atoms with van der Waals surface area (Å²) in [7, 11) is 1.64. The number of ether oxygens (including phenoxy) is 1. The monoisotopic (exact) mass is 389 g/mol. The van der Waals surface area contributed by atoms with E-state index in [0.717, 1.165) is 33.7 Å². The first-order valence-corrected chi connectivity index (χ1v) is 9.71. The van der Waals surface area contributed by atoms with E-state index in [1.165, 1.54) is 12.1 Å². The van der Waals surface area contributed by atoms with Crippen molar-refractivity contribution in [3.8, 4) is 16.9 Å². The van der Waals surface area contributed by atoms with Gasteiger partial charge in [-0.25, -0.2) is 4.39 Å². The fourth-order valence-corrected chi connectivity index (χ4v) is 3.95. The smallest absolute Gasteiger partial charge is 0.228 e. The predicted octanol–water partition coefficient (Wildman–Crippen LogP) is 5.72. The van der Waals surface area contributed by atoms with Gasteiger partial charge in [-0.15, -0.1) is 0 Å². The second kappa shape index (κ2) is 7.36. The number of nitrogens with zero attached hydrogens (tertiary/aromatic N) is 1. The van der Waals surface area contributed by atoms with Gasteiger partial charge in [-0.2, -0.15) is 0 Å². The van der Waals surface area contributed by atoms with E-state index < -0.39 is 0 Å². The molecule has 1 heterocycles. The zero-order chi connectivity index (χ0) is 20.6. The number of halogens is 1. The van der Waals surface area contributed by atoms with Crippen molar-refractivity contribution in [1.82, 2.24) is 0 Å². The van der Waals surface area contributed by atoms with Gasteiger partial charge in [0.1, 0.15) is 11.6 Å². The maximum absolute atomic E-state index is 13.7. The standard InChI is InChI=1S/C25H24FNO2/c1-25(2)15-24(28)27(16-17-7-10-21(29-3)11-8-17)23-12-9-19(14-22(23)25)18-5-4-6-20(26)13-18/h4-14H,15-16H2,1-3H3. The van der Waals surface area contributed by atoms with Crippen molar-refractivity contribution in [3.05, 3.63) is 83.7 Å². The number of carbonyl (C=O) groups excluding carboxylic acids is 1. The van der Waals surface area contributed by atoms with Crippen LogP contribution in [-0.4, -0.2) is 13.0 Å². The van der Waals surface area contributed by atoms with Gasteiger partial charge in [0.25, 0.3) is 0 Å². The molecule has 0 aliphatic carbocycles. The number of fused-ring (bicyclic) bond motifs is 1. The molecule has 0 unspecified atom stereocenters. The lowest BCUT2D eigenvalue weighted by molar-refractivity contribution is -0.120. The van der Waals surface area contributed by atoms with Crippen molar-refractivity contribution in [2.45, 2.75) is 32.2 Å². The highest BCUT2D eigenvalue weighted by Crippen LogP contribution is 2.42. The molecule has 0 saturated heterocycles. The minimum atomic E-state index is -0.286. The van der Waals surface area contributed by atoms with Gasteiger partial charge in [0, 0.05) is 17.5 Å². The molecule has 3 nitrogen and oxygen atoms in total. The van der Waals surface area contributed by atoms with Crippen molar-refractivity contribution >= 4 is 11.6 Å². The molecular weight excluding hydrogens is 365 g/mol.